The molecule has 2 rings (SSSR count). The van der Waals surface area contributed by atoms with Gasteiger partial charge in [-0.25, -0.2) is 4.79 Å². The van der Waals surface area contributed by atoms with Crippen molar-refractivity contribution >= 4 is 23.7 Å². The van der Waals surface area contributed by atoms with E-state index in [0.29, 0.717) is 13.1 Å². The third-order valence-electron chi connectivity index (χ3n) is 5.18. The molecule has 164 valence electrons. The van der Waals surface area contributed by atoms with E-state index in [2.05, 4.69) is 10.6 Å². The van der Waals surface area contributed by atoms with Crippen molar-refractivity contribution in [3.05, 3.63) is 35.9 Å². The Hall–Kier alpha value is -2.94. The number of carboxylic acid groups (broad SMARTS) is 1. The number of hydrogen-bond acceptors (Lipinski definition) is 5. The Kier molecular flexibility index (Phi) is 8.35. The van der Waals surface area contributed by atoms with Crippen molar-refractivity contribution in [1.82, 2.24) is 15.5 Å². The molecule has 0 saturated carbocycles. The highest BCUT2D eigenvalue weighted by Gasteiger charge is 2.38. The van der Waals surface area contributed by atoms with E-state index in [4.69, 9.17) is 5.73 Å². The molecule has 0 aliphatic carbocycles. The average Bonchev–Trinajstić information content (AvgIpc) is 2.69. The number of amides is 3. The Morgan fingerprint density at radius 2 is 1.93 bits per heavy atom. The number of aliphatic carboxylic acids is 1. The van der Waals surface area contributed by atoms with Gasteiger partial charge in [0.15, 0.2) is 0 Å². The van der Waals surface area contributed by atoms with Crippen molar-refractivity contribution in [1.29, 1.82) is 0 Å². The number of carbonyl (C=O) groups excluding carboxylic acids is 3. The number of nitrogens with zero attached hydrogens (tertiary/aromatic N) is 1. The summed E-state index contributed by atoms with van der Waals surface area (Å²) >= 11 is 0. The maximum Gasteiger partial charge on any atom is 0.326 e. The molecule has 1 fully saturated rings. The molecule has 1 saturated heterocycles. The highest BCUT2D eigenvalue weighted by Crippen LogP contribution is 2.17. The fourth-order valence-corrected chi connectivity index (χ4v) is 3.54. The Morgan fingerprint density at radius 3 is 2.50 bits per heavy atom. The van der Waals surface area contributed by atoms with Crippen molar-refractivity contribution in [2.24, 2.45) is 11.7 Å². The molecule has 1 aliphatic heterocycles. The first-order valence-electron chi connectivity index (χ1n) is 10.1. The second-order valence-electron chi connectivity index (χ2n) is 7.82. The second kappa shape index (κ2) is 10.7. The van der Waals surface area contributed by atoms with Crippen LogP contribution >= 0.6 is 0 Å². The number of carbonyl (C=O) groups is 4. The van der Waals surface area contributed by atoms with Crippen LogP contribution in [-0.2, 0) is 25.6 Å². The number of piperazine rings is 1. The molecule has 1 aromatic rings. The minimum atomic E-state index is -1.26. The molecule has 3 amide bonds. The molecule has 0 aromatic heterocycles. The van der Waals surface area contributed by atoms with Crippen LogP contribution in [0, 0.1) is 5.92 Å². The van der Waals surface area contributed by atoms with Gasteiger partial charge in [0.25, 0.3) is 0 Å². The van der Waals surface area contributed by atoms with Crippen LogP contribution in [0.4, 0.5) is 0 Å². The van der Waals surface area contributed by atoms with Gasteiger partial charge in [-0.2, -0.15) is 0 Å². The fourth-order valence-electron chi connectivity index (χ4n) is 3.54. The first-order chi connectivity index (χ1) is 14.2. The first-order valence-corrected chi connectivity index (χ1v) is 10.1. The van der Waals surface area contributed by atoms with Gasteiger partial charge in [-0.15, -0.1) is 0 Å². The lowest BCUT2D eigenvalue weighted by Gasteiger charge is -2.39. The van der Waals surface area contributed by atoms with E-state index >= 15 is 0 Å². The van der Waals surface area contributed by atoms with Crippen LogP contribution in [-0.4, -0.2) is 64.9 Å². The van der Waals surface area contributed by atoms with E-state index in [1.165, 1.54) is 4.90 Å². The SMILES string of the molecule is CC(C)[C@@H]1NCCN([C@@H](Cc2ccccc2)C(=O)N[C@@H](CCC(N)=O)C(=O)O)C1=O. The molecule has 0 radical (unpaired) electrons. The molecular formula is C21H30N4O5. The predicted octanol–water partition coefficient (Wildman–Crippen LogP) is -0.111. The van der Waals surface area contributed by atoms with Crippen LogP contribution in [0.15, 0.2) is 30.3 Å². The summed E-state index contributed by atoms with van der Waals surface area (Å²) in [5.41, 5.74) is 5.96. The van der Waals surface area contributed by atoms with Gasteiger partial charge in [-0.1, -0.05) is 44.2 Å². The minimum absolute atomic E-state index is 0.0445. The second-order valence-corrected chi connectivity index (χ2v) is 7.82. The van der Waals surface area contributed by atoms with E-state index < -0.39 is 35.9 Å². The molecule has 1 aliphatic rings. The first kappa shape index (κ1) is 23.3. The predicted molar refractivity (Wildman–Crippen MR) is 110 cm³/mol. The summed E-state index contributed by atoms with van der Waals surface area (Å²) in [7, 11) is 0. The fraction of sp³-hybridized carbons (Fsp3) is 0.524. The molecule has 3 atom stereocenters. The molecule has 5 N–H and O–H groups in total. The number of rotatable bonds is 10. The Morgan fingerprint density at radius 1 is 1.27 bits per heavy atom. The lowest BCUT2D eigenvalue weighted by atomic mass is 9.97. The summed E-state index contributed by atoms with van der Waals surface area (Å²) in [6.45, 7) is 4.73. The summed E-state index contributed by atoms with van der Waals surface area (Å²) in [5, 5.41) is 15.1. The number of nitrogens with one attached hydrogen (secondary N) is 2. The molecule has 0 spiro atoms. The molecule has 30 heavy (non-hydrogen) atoms. The van der Waals surface area contributed by atoms with Crippen LogP contribution in [0.5, 0.6) is 0 Å². The van der Waals surface area contributed by atoms with Gasteiger partial charge in [-0.05, 0) is 17.9 Å². The average molecular weight is 418 g/mol. The van der Waals surface area contributed by atoms with E-state index in [1.54, 1.807) is 0 Å². The lowest BCUT2D eigenvalue weighted by molar-refractivity contribution is -0.147. The molecule has 0 bridgehead atoms. The number of carboxylic acids is 1. The number of nitrogens with two attached hydrogens (primary N) is 1. The zero-order chi connectivity index (χ0) is 22.3. The van der Waals surface area contributed by atoms with Gasteiger partial charge in [0.2, 0.25) is 17.7 Å². The Labute approximate surface area is 176 Å². The number of benzene rings is 1. The molecular weight excluding hydrogens is 388 g/mol. The van der Waals surface area contributed by atoms with Gasteiger partial charge in [-0.3, -0.25) is 14.4 Å². The van der Waals surface area contributed by atoms with E-state index in [0.717, 1.165) is 5.56 Å². The summed E-state index contributed by atoms with van der Waals surface area (Å²) in [4.78, 5) is 50.3. The van der Waals surface area contributed by atoms with Gasteiger partial charge < -0.3 is 26.4 Å². The molecule has 1 aromatic carbocycles. The van der Waals surface area contributed by atoms with Crippen LogP contribution in [0.3, 0.4) is 0 Å². The standard InChI is InChI=1S/C21H30N4O5/c1-13(2)18-20(28)25(11-10-23-18)16(12-14-6-4-3-5-7-14)19(27)24-15(21(29)30)8-9-17(22)26/h3-7,13,15-16,18,23H,8-12H2,1-2H3,(H2,22,26)(H,24,27)(H,29,30)/t15-,16-,18-/m0/s1. The third kappa shape index (κ3) is 6.28. The largest absolute Gasteiger partial charge is 0.480 e. The Balaban J connectivity index is 2.25. The van der Waals surface area contributed by atoms with E-state index in [-0.39, 0.29) is 31.1 Å². The van der Waals surface area contributed by atoms with Gasteiger partial charge in [0.05, 0.1) is 6.04 Å². The smallest absolute Gasteiger partial charge is 0.326 e. The van der Waals surface area contributed by atoms with Crippen LogP contribution < -0.4 is 16.4 Å². The number of hydrogen-bond donors (Lipinski definition) is 4. The summed E-state index contributed by atoms with van der Waals surface area (Å²) in [5.74, 6) is -2.60. The van der Waals surface area contributed by atoms with Crippen LogP contribution in [0.2, 0.25) is 0 Å². The monoisotopic (exact) mass is 418 g/mol. The quantitative estimate of drug-likeness (QED) is 0.418. The highest BCUT2D eigenvalue weighted by atomic mass is 16.4. The topological polar surface area (TPSA) is 142 Å². The zero-order valence-electron chi connectivity index (χ0n) is 17.3. The van der Waals surface area contributed by atoms with Gasteiger partial charge in [0, 0.05) is 25.9 Å². The van der Waals surface area contributed by atoms with E-state index in [1.807, 2.05) is 44.2 Å². The van der Waals surface area contributed by atoms with Crippen molar-refractivity contribution in [3.8, 4) is 0 Å². The summed E-state index contributed by atoms with van der Waals surface area (Å²) in [6, 6.07) is 6.72. The van der Waals surface area contributed by atoms with Gasteiger partial charge in [0.1, 0.15) is 12.1 Å². The van der Waals surface area contributed by atoms with Crippen LogP contribution in [0.25, 0.3) is 0 Å². The maximum absolute atomic E-state index is 13.1. The highest BCUT2D eigenvalue weighted by molar-refractivity contribution is 5.92. The molecule has 9 nitrogen and oxygen atoms in total. The van der Waals surface area contributed by atoms with Crippen LogP contribution in [0.1, 0.15) is 32.3 Å². The minimum Gasteiger partial charge on any atom is -0.480 e. The maximum atomic E-state index is 13.1. The van der Waals surface area contributed by atoms with Crippen molar-refractivity contribution < 1.29 is 24.3 Å². The third-order valence-corrected chi connectivity index (χ3v) is 5.18. The van der Waals surface area contributed by atoms with Crippen molar-refractivity contribution in [2.45, 2.75) is 51.2 Å². The van der Waals surface area contributed by atoms with Crippen molar-refractivity contribution in [3.63, 3.8) is 0 Å². The summed E-state index contributed by atoms with van der Waals surface area (Å²) < 4.78 is 0. The Bertz CT molecular complexity index is 768. The molecule has 0 unspecified atom stereocenters. The van der Waals surface area contributed by atoms with E-state index in [9.17, 15) is 24.3 Å². The normalized spacial score (nSPS) is 18.7. The summed E-state index contributed by atoms with van der Waals surface area (Å²) in [6.07, 6.45) is -0.0213. The number of primary amides is 1. The van der Waals surface area contributed by atoms with Crippen molar-refractivity contribution in [2.75, 3.05) is 13.1 Å². The van der Waals surface area contributed by atoms with Gasteiger partial charge >= 0.3 is 5.97 Å². The zero-order valence-corrected chi connectivity index (χ0v) is 17.3. The molecule has 9 heteroatoms. The lowest BCUT2D eigenvalue weighted by Crippen LogP contribution is -2.63. The molecule has 1 heterocycles.